The molecule has 2 aliphatic rings. The summed E-state index contributed by atoms with van der Waals surface area (Å²) in [6.45, 7) is 2.00. The third-order valence-corrected chi connectivity index (χ3v) is 5.53. The number of amides is 4. The lowest BCUT2D eigenvalue weighted by atomic mass is 10.1. The maximum absolute atomic E-state index is 12.1. The molecule has 2 unspecified atom stereocenters. The molecule has 2 saturated heterocycles. The minimum Gasteiger partial charge on any atom is -0.464 e. The molecule has 35 heavy (non-hydrogen) atoms. The summed E-state index contributed by atoms with van der Waals surface area (Å²) in [5, 5.41) is 4.35. The number of carbonyl (C=O) groups is 6. The third-order valence-electron chi connectivity index (χ3n) is 5.00. The summed E-state index contributed by atoms with van der Waals surface area (Å²) in [5.74, 6) is -3.34. The van der Waals surface area contributed by atoms with Crippen molar-refractivity contribution in [3.63, 3.8) is 0 Å². The summed E-state index contributed by atoms with van der Waals surface area (Å²) in [5.41, 5.74) is 0. The average Bonchev–Trinajstić information content (AvgIpc) is 2.76. The fourth-order valence-corrected chi connectivity index (χ4v) is 3.64. The number of nitrogens with zero attached hydrogens (tertiary/aromatic N) is 2. The van der Waals surface area contributed by atoms with E-state index in [1.807, 2.05) is 30.3 Å². The number of hydrogen-bond acceptors (Lipinski definition) is 10. The molecule has 2 atom stereocenters. The van der Waals surface area contributed by atoms with E-state index in [2.05, 4.69) is 26.6 Å². The number of piperazine rings is 2. The van der Waals surface area contributed by atoms with Gasteiger partial charge in [0.25, 0.3) is 0 Å². The largest absolute Gasteiger partial charge is 0.464 e. The number of halogens is 1. The Morgan fingerprint density at radius 2 is 1.23 bits per heavy atom. The zero-order valence-corrected chi connectivity index (χ0v) is 20.9. The molecule has 2 fully saturated rings. The van der Waals surface area contributed by atoms with Gasteiger partial charge in [0.15, 0.2) is 0 Å². The first-order chi connectivity index (χ1) is 16.6. The van der Waals surface area contributed by atoms with Gasteiger partial charge in [-0.25, -0.2) is 0 Å². The Balaban J connectivity index is 0.000000527. The van der Waals surface area contributed by atoms with E-state index in [1.165, 1.54) is 23.6 Å². The number of nitrogens with one attached hydrogen (secondary N) is 2. The molecule has 0 aromatic heterocycles. The molecule has 0 bridgehead atoms. The molecule has 3 rings (SSSR count). The molecule has 0 saturated carbocycles. The van der Waals surface area contributed by atoms with Gasteiger partial charge < -0.3 is 9.47 Å². The molecular formula is C22H27BrN4O8. The van der Waals surface area contributed by atoms with E-state index in [-0.39, 0.29) is 39.4 Å². The van der Waals surface area contributed by atoms with E-state index in [0.29, 0.717) is 0 Å². The van der Waals surface area contributed by atoms with Gasteiger partial charge in [0.05, 0.1) is 13.1 Å². The number of hydrogen-bond donors (Lipinski definition) is 2. The first kappa shape index (κ1) is 28.1. The van der Waals surface area contributed by atoms with Crippen LogP contribution in [-0.4, -0.2) is 96.8 Å². The van der Waals surface area contributed by atoms with Crippen LogP contribution in [0.25, 0.3) is 0 Å². The van der Waals surface area contributed by atoms with Crippen molar-refractivity contribution in [1.82, 2.24) is 20.4 Å². The van der Waals surface area contributed by atoms with Crippen LogP contribution in [0.2, 0.25) is 0 Å². The Bertz CT molecular complexity index is 900. The van der Waals surface area contributed by atoms with E-state index in [0.717, 1.165) is 4.47 Å². The zero-order valence-electron chi connectivity index (χ0n) is 19.3. The summed E-state index contributed by atoms with van der Waals surface area (Å²) in [7, 11) is 0. The molecule has 0 aliphatic carbocycles. The summed E-state index contributed by atoms with van der Waals surface area (Å²) in [6.07, 6.45) is 0. The second kappa shape index (κ2) is 13.7. The molecule has 2 N–H and O–H groups in total. The van der Waals surface area contributed by atoms with Gasteiger partial charge in [-0.2, -0.15) is 0 Å². The monoisotopic (exact) mass is 554 g/mol. The number of rotatable bonds is 7. The molecule has 12 nitrogen and oxygen atoms in total. The zero-order chi connectivity index (χ0) is 26.0. The highest BCUT2D eigenvalue weighted by Gasteiger charge is 2.38. The van der Waals surface area contributed by atoms with Crippen LogP contribution in [0.15, 0.2) is 34.8 Å². The van der Waals surface area contributed by atoms with Gasteiger partial charge in [0.1, 0.15) is 25.3 Å². The van der Waals surface area contributed by atoms with Crippen molar-refractivity contribution in [2.75, 3.05) is 39.4 Å². The van der Waals surface area contributed by atoms with Crippen LogP contribution in [0.4, 0.5) is 0 Å². The molecule has 1 aromatic rings. The lowest BCUT2D eigenvalue weighted by Gasteiger charge is -2.37. The molecule has 2 aliphatic heterocycles. The lowest BCUT2D eigenvalue weighted by Crippen LogP contribution is -2.63. The maximum atomic E-state index is 12.1. The van der Waals surface area contributed by atoms with Crippen molar-refractivity contribution in [1.29, 1.82) is 0 Å². The molecule has 190 valence electrons. The normalized spacial score (nSPS) is 20.8. The Morgan fingerprint density at radius 3 is 1.54 bits per heavy atom. The molecule has 0 spiro atoms. The van der Waals surface area contributed by atoms with Crippen molar-refractivity contribution >= 4 is 51.5 Å². The minimum absolute atomic E-state index is 0.111. The standard InChI is InChI=1S/C16H22N4O8.C6H5Br/c1-9(21)27-7-11-15(25)17-13(23)5-19(11)3-4-20-6-14(24)18-16(26)12(20)8-28-10(2)22;7-6-4-2-1-3-5-6/h11-12H,3-8H2,1-2H3,(H,17,23,25)(H,18,24,26);1-5H. The summed E-state index contributed by atoms with van der Waals surface area (Å²) in [6, 6.07) is 8.23. The smallest absolute Gasteiger partial charge is 0.302 e. The van der Waals surface area contributed by atoms with Crippen LogP contribution in [-0.2, 0) is 38.2 Å². The second-order valence-corrected chi connectivity index (χ2v) is 8.61. The molecule has 4 amide bonds. The van der Waals surface area contributed by atoms with E-state index < -0.39 is 47.7 Å². The summed E-state index contributed by atoms with van der Waals surface area (Å²) < 4.78 is 10.9. The Labute approximate surface area is 210 Å². The van der Waals surface area contributed by atoms with Crippen LogP contribution in [0.5, 0.6) is 0 Å². The quantitative estimate of drug-likeness (QED) is 0.324. The van der Waals surface area contributed by atoms with Crippen molar-refractivity contribution in [2.24, 2.45) is 0 Å². The summed E-state index contributed by atoms with van der Waals surface area (Å²) in [4.78, 5) is 72.6. The van der Waals surface area contributed by atoms with Crippen molar-refractivity contribution < 1.29 is 38.2 Å². The first-order valence-electron chi connectivity index (χ1n) is 10.7. The third kappa shape index (κ3) is 9.54. The van der Waals surface area contributed by atoms with Gasteiger partial charge in [-0.05, 0) is 12.1 Å². The van der Waals surface area contributed by atoms with Crippen molar-refractivity contribution in [2.45, 2.75) is 25.9 Å². The lowest BCUT2D eigenvalue weighted by molar-refractivity contribution is -0.152. The molecule has 0 radical (unpaired) electrons. The van der Waals surface area contributed by atoms with Gasteiger partial charge in [-0.15, -0.1) is 0 Å². The van der Waals surface area contributed by atoms with Gasteiger partial charge in [0.2, 0.25) is 23.6 Å². The topological polar surface area (TPSA) is 151 Å². The van der Waals surface area contributed by atoms with Gasteiger partial charge in [-0.1, -0.05) is 34.1 Å². The average molecular weight is 555 g/mol. The first-order valence-corrected chi connectivity index (χ1v) is 11.5. The van der Waals surface area contributed by atoms with Crippen molar-refractivity contribution in [3.05, 3.63) is 34.8 Å². The van der Waals surface area contributed by atoms with E-state index in [9.17, 15) is 28.8 Å². The highest BCUT2D eigenvalue weighted by Crippen LogP contribution is 2.11. The highest BCUT2D eigenvalue weighted by molar-refractivity contribution is 9.10. The predicted molar refractivity (Wildman–Crippen MR) is 124 cm³/mol. The van der Waals surface area contributed by atoms with Crippen LogP contribution in [0.1, 0.15) is 13.8 Å². The fourth-order valence-electron chi connectivity index (χ4n) is 3.34. The highest BCUT2D eigenvalue weighted by atomic mass is 79.9. The Hall–Kier alpha value is -3.16. The van der Waals surface area contributed by atoms with Gasteiger partial charge in [-0.3, -0.25) is 49.2 Å². The van der Waals surface area contributed by atoms with Crippen LogP contribution < -0.4 is 10.6 Å². The van der Waals surface area contributed by atoms with Gasteiger partial charge in [0, 0.05) is 31.4 Å². The molecule has 1 aromatic carbocycles. The number of benzene rings is 1. The second-order valence-electron chi connectivity index (χ2n) is 7.70. The Kier molecular flexibility index (Phi) is 11.0. The number of carbonyl (C=O) groups excluding carboxylic acids is 6. The van der Waals surface area contributed by atoms with E-state index >= 15 is 0 Å². The van der Waals surface area contributed by atoms with Crippen molar-refractivity contribution in [3.8, 4) is 0 Å². The minimum atomic E-state index is -0.872. The Morgan fingerprint density at radius 1 is 0.829 bits per heavy atom. The number of imide groups is 2. The maximum Gasteiger partial charge on any atom is 0.302 e. The fraction of sp³-hybridized carbons (Fsp3) is 0.455. The van der Waals surface area contributed by atoms with Crippen LogP contribution in [0.3, 0.4) is 0 Å². The van der Waals surface area contributed by atoms with Crippen LogP contribution in [0, 0.1) is 0 Å². The molecule has 13 heteroatoms. The number of ether oxygens (including phenoxy) is 2. The SMILES string of the molecule is Brc1ccccc1.CC(=O)OCC1C(=O)NC(=O)CN1CCN1CC(=O)NC(=O)C1COC(C)=O. The van der Waals surface area contributed by atoms with Gasteiger partial charge >= 0.3 is 11.9 Å². The van der Waals surface area contributed by atoms with E-state index in [1.54, 1.807) is 0 Å². The molecule has 2 heterocycles. The molecular weight excluding hydrogens is 528 g/mol. The summed E-state index contributed by atoms with van der Waals surface area (Å²) >= 11 is 3.31. The van der Waals surface area contributed by atoms with Crippen LogP contribution >= 0.6 is 15.9 Å². The number of esters is 2. The predicted octanol–water partition coefficient (Wildman–Crippen LogP) is -0.784. The van der Waals surface area contributed by atoms with E-state index in [4.69, 9.17) is 9.47 Å².